The highest BCUT2D eigenvalue weighted by Gasteiger charge is 2.44. The van der Waals surface area contributed by atoms with Crippen LogP contribution in [0.3, 0.4) is 0 Å². The first-order valence-electron chi connectivity index (χ1n) is 24.4. The largest absolute Gasteiger partial charge is 0.354 e. The maximum atomic E-state index is 14.0. The van der Waals surface area contributed by atoms with Crippen molar-refractivity contribution >= 4 is 47.3 Å². The molecule has 380 valence electrons. The summed E-state index contributed by atoms with van der Waals surface area (Å²) in [6.45, 7) is 15.5. The summed E-state index contributed by atoms with van der Waals surface area (Å²) in [5.74, 6) is -2.65. The number of carbonyl (C=O) groups is 8. The Bertz CT molecular complexity index is 1930. The molecule has 2 fully saturated rings. The number of rotatable bonds is 22. The summed E-state index contributed by atoms with van der Waals surface area (Å²) in [6.07, 6.45) is 2.43. The summed E-state index contributed by atoms with van der Waals surface area (Å²) in [6, 6.07) is 12.9. The molecule has 2 aliphatic heterocycles. The van der Waals surface area contributed by atoms with Crippen molar-refractivity contribution in [2.45, 2.75) is 149 Å². The summed E-state index contributed by atoms with van der Waals surface area (Å²) < 4.78 is 0. The maximum absolute atomic E-state index is 14.0. The van der Waals surface area contributed by atoms with Crippen molar-refractivity contribution in [3.63, 3.8) is 0 Å². The topological polar surface area (TPSA) is 239 Å². The summed E-state index contributed by atoms with van der Waals surface area (Å²) >= 11 is 0. The third kappa shape index (κ3) is 16.1. The number of hydrogen-bond donors (Lipinski definition) is 8. The van der Waals surface area contributed by atoms with Gasteiger partial charge in [-0.25, -0.2) is 0 Å². The van der Waals surface area contributed by atoms with Crippen molar-refractivity contribution in [2.75, 3.05) is 40.3 Å². The Morgan fingerprint density at radius 2 is 0.899 bits per heavy atom. The molecule has 8 amide bonds. The van der Waals surface area contributed by atoms with Gasteiger partial charge in [-0.15, -0.1) is 0 Å². The van der Waals surface area contributed by atoms with Crippen LogP contribution in [-0.2, 0) is 38.4 Å². The van der Waals surface area contributed by atoms with Gasteiger partial charge in [0.1, 0.15) is 24.2 Å². The van der Waals surface area contributed by atoms with Crippen LogP contribution in [0.25, 0.3) is 0 Å². The number of likely N-dealkylation sites (N-methyl/N-ethyl adjacent to an activating group) is 2. The molecule has 0 aromatic heterocycles. The fourth-order valence-electron chi connectivity index (χ4n) is 8.46. The van der Waals surface area contributed by atoms with Crippen LogP contribution in [0, 0.1) is 10.8 Å². The van der Waals surface area contributed by atoms with Gasteiger partial charge in [0, 0.05) is 39.0 Å². The minimum absolute atomic E-state index is 0.0359. The molecule has 2 saturated heterocycles. The lowest BCUT2D eigenvalue weighted by Crippen LogP contribution is -2.59. The van der Waals surface area contributed by atoms with E-state index < -0.39 is 59.2 Å². The predicted molar refractivity (Wildman–Crippen MR) is 264 cm³/mol. The van der Waals surface area contributed by atoms with Crippen molar-refractivity contribution in [3.05, 3.63) is 71.8 Å². The second kappa shape index (κ2) is 25.6. The summed E-state index contributed by atoms with van der Waals surface area (Å²) in [7, 11) is 3.33. The van der Waals surface area contributed by atoms with Gasteiger partial charge in [-0.3, -0.25) is 38.4 Å². The third-order valence-electron chi connectivity index (χ3n) is 13.0. The molecular weight excluding hydrogens is 881 g/mol. The molecule has 8 N–H and O–H groups in total. The first-order valence-corrected chi connectivity index (χ1v) is 24.4. The molecule has 0 aliphatic carbocycles. The average Bonchev–Trinajstić information content (AvgIpc) is 4.03. The van der Waals surface area contributed by atoms with Crippen LogP contribution < -0.4 is 42.5 Å². The Hall–Kier alpha value is -5.88. The Morgan fingerprint density at radius 3 is 1.22 bits per heavy atom. The predicted octanol–water partition coefficient (Wildman–Crippen LogP) is 2.36. The smallest absolute Gasteiger partial charge is 0.246 e. The minimum Gasteiger partial charge on any atom is -0.354 e. The van der Waals surface area contributed by atoms with E-state index in [4.69, 9.17) is 0 Å². The molecule has 2 aromatic carbocycles. The van der Waals surface area contributed by atoms with Crippen molar-refractivity contribution in [1.82, 2.24) is 52.3 Å². The van der Waals surface area contributed by atoms with Crippen LogP contribution in [0.2, 0.25) is 0 Å². The highest BCUT2D eigenvalue weighted by atomic mass is 16.2. The fraction of sp³-hybridized carbons (Fsp3) is 0.608. The highest BCUT2D eigenvalue weighted by Crippen LogP contribution is 2.28. The zero-order valence-electron chi connectivity index (χ0n) is 42.3. The lowest BCUT2D eigenvalue weighted by molar-refractivity contribution is -0.144. The Kier molecular flexibility index (Phi) is 20.7. The van der Waals surface area contributed by atoms with Gasteiger partial charge in [-0.1, -0.05) is 102 Å². The standard InChI is InChI=1S/C51H78N10O8/c1-32(52-9)44(64)58-42(50(3,4)5)48(68)60-28-18-24-38(60)46(66)56-36(34-20-13-11-14-21-34)30-54-40(62)26-17-27-41(63)55-31-37(35-22-15-12-16-23-35)57-47(67)39-25-19-29-61(39)49(69)43(51(6,7)8)59-45(65)33(2)53-10/h11-16,20-23,32-33,36-39,42-43,52-53H,17-19,24-31H2,1-10H3,(H,54,62)(H,55,63)(H,56,66)(H,57,67)(H,58,64)(H,59,65)/t32-,33-,36+,37+,38-,39-,42+,43+/m0/s1. The normalized spacial score (nSPS) is 18.7. The quantitative estimate of drug-likeness (QED) is 0.0858. The van der Waals surface area contributed by atoms with Gasteiger partial charge >= 0.3 is 0 Å². The number of amides is 8. The summed E-state index contributed by atoms with van der Waals surface area (Å²) in [4.78, 5) is 111. The van der Waals surface area contributed by atoms with Gasteiger partial charge in [0.2, 0.25) is 47.3 Å². The molecule has 0 bridgehead atoms. The number of hydrogen-bond acceptors (Lipinski definition) is 10. The number of nitrogens with one attached hydrogen (secondary N) is 8. The van der Waals surface area contributed by atoms with Gasteiger partial charge in [-0.05, 0) is 82.0 Å². The lowest BCUT2D eigenvalue weighted by Gasteiger charge is -2.36. The van der Waals surface area contributed by atoms with Crippen LogP contribution in [0.5, 0.6) is 0 Å². The molecule has 0 unspecified atom stereocenters. The van der Waals surface area contributed by atoms with E-state index >= 15 is 0 Å². The van der Waals surface area contributed by atoms with E-state index in [2.05, 4.69) is 42.5 Å². The highest BCUT2D eigenvalue weighted by molar-refractivity contribution is 5.95. The van der Waals surface area contributed by atoms with Crippen molar-refractivity contribution in [1.29, 1.82) is 0 Å². The molecule has 0 saturated carbocycles. The molecule has 18 heteroatoms. The van der Waals surface area contributed by atoms with Gasteiger partial charge in [-0.2, -0.15) is 0 Å². The maximum Gasteiger partial charge on any atom is 0.246 e. The van der Waals surface area contributed by atoms with Crippen LogP contribution in [0.1, 0.15) is 124 Å². The zero-order valence-corrected chi connectivity index (χ0v) is 42.3. The van der Waals surface area contributed by atoms with Crippen LogP contribution in [0.15, 0.2) is 60.7 Å². The van der Waals surface area contributed by atoms with E-state index in [1.54, 1.807) is 37.7 Å². The molecule has 2 heterocycles. The molecule has 2 aliphatic rings. The van der Waals surface area contributed by atoms with Crippen LogP contribution in [-0.4, -0.2) is 134 Å². The Morgan fingerprint density at radius 1 is 0.551 bits per heavy atom. The molecule has 0 radical (unpaired) electrons. The summed E-state index contributed by atoms with van der Waals surface area (Å²) in [5, 5.41) is 23.5. The monoisotopic (exact) mass is 959 g/mol. The molecule has 2 aromatic rings. The molecule has 18 nitrogen and oxygen atoms in total. The molecule has 69 heavy (non-hydrogen) atoms. The number of likely N-dealkylation sites (tertiary alicyclic amines) is 2. The molecular formula is C51H78N10O8. The second-order valence-electron chi connectivity index (χ2n) is 20.4. The second-order valence-corrected chi connectivity index (χ2v) is 20.4. The molecule has 4 rings (SSSR count). The Balaban J connectivity index is 1.33. The molecule has 8 atom stereocenters. The molecule has 0 spiro atoms. The Labute approximate surface area is 408 Å². The van der Waals surface area contributed by atoms with E-state index in [0.717, 1.165) is 11.1 Å². The van der Waals surface area contributed by atoms with Crippen molar-refractivity contribution < 1.29 is 38.4 Å². The van der Waals surface area contributed by atoms with Gasteiger partial charge in [0.15, 0.2) is 0 Å². The third-order valence-corrected chi connectivity index (χ3v) is 13.0. The number of nitrogens with zero attached hydrogens (tertiary/aromatic N) is 2. The first-order chi connectivity index (χ1) is 32.6. The van der Waals surface area contributed by atoms with E-state index in [0.29, 0.717) is 38.8 Å². The fourth-order valence-corrected chi connectivity index (χ4v) is 8.46. The van der Waals surface area contributed by atoms with Crippen molar-refractivity contribution in [3.8, 4) is 0 Å². The zero-order chi connectivity index (χ0) is 51.1. The van der Waals surface area contributed by atoms with Gasteiger partial charge in [0.05, 0.1) is 24.2 Å². The van der Waals surface area contributed by atoms with Gasteiger partial charge < -0.3 is 52.3 Å². The van der Waals surface area contributed by atoms with E-state index in [9.17, 15) is 38.4 Å². The lowest BCUT2D eigenvalue weighted by atomic mass is 9.85. The number of benzene rings is 2. The van der Waals surface area contributed by atoms with Crippen molar-refractivity contribution in [2.24, 2.45) is 10.8 Å². The number of carbonyl (C=O) groups excluding carboxylic acids is 8. The van der Waals surface area contributed by atoms with E-state index in [-0.39, 0.29) is 79.6 Å². The minimum atomic E-state index is -0.860. The summed E-state index contributed by atoms with van der Waals surface area (Å²) in [5.41, 5.74) is 0.256. The van der Waals surface area contributed by atoms with Crippen LogP contribution in [0.4, 0.5) is 0 Å². The SMILES string of the molecule is CN[C@@H](C)C(=O)N[C@H](C(=O)N1CCC[C@H]1C(=O)N[C@H](CNC(=O)CCCC(=O)NC[C@@H](NC(=O)[C@@H]1CCCN1C(=O)[C@@H](NC(=O)[C@H](C)NC)C(C)(C)C)c1ccccc1)c1ccccc1)C(C)(C)C. The first kappa shape index (κ1) is 55.7. The van der Waals surface area contributed by atoms with E-state index in [1.807, 2.05) is 102 Å². The average molecular weight is 959 g/mol. The van der Waals surface area contributed by atoms with Crippen LogP contribution >= 0.6 is 0 Å². The van der Waals surface area contributed by atoms with E-state index in [1.165, 1.54) is 0 Å². The van der Waals surface area contributed by atoms with Gasteiger partial charge in [0.25, 0.3) is 0 Å².